The highest BCUT2D eigenvalue weighted by Gasteiger charge is 2.07. The van der Waals surface area contributed by atoms with E-state index in [1.165, 1.54) is 11.8 Å². The van der Waals surface area contributed by atoms with Crippen molar-refractivity contribution >= 4 is 35.0 Å². The van der Waals surface area contributed by atoms with Crippen LogP contribution in [0.4, 0.5) is 11.4 Å². The highest BCUT2D eigenvalue weighted by Crippen LogP contribution is 2.21. The summed E-state index contributed by atoms with van der Waals surface area (Å²) in [6, 6.07) is 22.6. The Morgan fingerprint density at radius 2 is 1.50 bits per heavy atom. The third-order valence-electron chi connectivity index (χ3n) is 4.10. The molecule has 0 aliphatic rings. The molecule has 0 spiro atoms. The van der Waals surface area contributed by atoms with Crippen molar-refractivity contribution in [2.45, 2.75) is 18.7 Å². The van der Waals surface area contributed by atoms with Crippen LogP contribution in [0.3, 0.4) is 0 Å². The van der Waals surface area contributed by atoms with E-state index in [-0.39, 0.29) is 11.8 Å². The van der Waals surface area contributed by atoms with Gasteiger partial charge in [-0.2, -0.15) is 0 Å². The number of hydrogen-bond donors (Lipinski definition) is 2. The second-order valence-electron chi connectivity index (χ2n) is 6.55. The van der Waals surface area contributed by atoms with Crippen LogP contribution in [0.5, 0.6) is 0 Å². The Kier molecular flexibility index (Phi) is 6.50. The molecule has 0 saturated carbocycles. The summed E-state index contributed by atoms with van der Waals surface area (Å²) in [5.41, 5.74) is 4.37. The van der Waals surface area contributed by atoms with Gasteiger partial charge in [0.1, 0.15) is 0 Å². The Morgan fingerprint density at radius 3 is 2.18 bits per heavy atom. The summed E-state index contributed by atoms with van der Waals surface area (Å²) in [4.78, 5) is 25.3. The van der Waals surface area contributed by atoms with E-state index >= 15 is 0 Å². The summed E-state index contributed by atoms with van der Waals surface area (Å²) in [5, 5.41) is 5.78. The van der Waals surface area contributed by atoms with E-state index in [1.807, 2.05) is 86.6 Å². The maximum Gasteiger partial charge on any atom is 0.255 e. The molecule has 0 aliphatic heterocycles. The molecule has 2 N–H and O–H groups in total. The molecule has 0 aromatic heterocycles. The van der Waals surface area contributed by atoms with Crippen molar-refractivity contribution in [2.75, 3.05) is 16.4 Å². The van der Waals surface area contributed by atoms with Crippen LogP contribution >= 0.6 is 11.8 Å². The molecule has 0 unspecified atom stereocenters. The number of amides is 2. The van der Waals surface area contributed by atoms with Crippen molar-refractivity contribution in [2.24, 2.45) is 0 Å². The minimum Gasteiger partial charge on any atom is -0.325 e. The van der Waals surface area contributed by atoms with Crippen molar-refractivity contribution in [3.05, 3.63) is 89.5 Å². The molecule has 2 amide bonds. The van der Waals surface area contributed by atoms with Crippen molar-refractivity contribution in [1.82, 2.24) is 0 Å². The zero-order chi connectivity index (χ0) is 19.9. The predicted molar refractivity (Wildman–Crippen MR) is 116 cm³/mol. The number of carbonyl (C=O) groups excluding carboxylic acids is 2. The maximum atomic E-state index is 12.3. The minimum atomic E-state index is -0.141. The fourth-order valence-electron chi connectivity index (χ4n) is 2.61. The van der Waals surface area contributed by atoms with Gasteiger partial charge in [-0.05, 0) is 67.9 Å². The first-order valence-electron chi connectivity index (χ1n) is 8.97. The third-order valence-corrected chi connectivity index (χ3v) is 5.11. The van der Waals surface area contributed by atoms with Gasteiger partial charge in [0.05, 0.1) is 5.75 Å². The zero-order valence-electron chi connectivity index (χ0n) is 15.9. The van der Waals surface area contributed by atoms with E-state index in [0.29, 0.717) is 11.3 Å². The molecule has 3 aromatic carbocycles. The molecule has 0 bridgehead atoms. The lowest BCUT2D eigenvalue weighted by Crippen LogP contribution is -2.14. The first kappa shape index (κ1) is 19.7. The van der Waals surface area contributed by atoms with Crippen molar-refractivity contribution in [1.29, 1.82) is 0 Å². The Hall–Kier alpha value is -3.05. The zero-order valence-corrected chi connectivity index (χ0v) is 16.7. The largest absolute Gasteiger partial charge is 0.325 e. The monoisotopic (exact) mass is 390 g/mol. The third kappa shape index (κ3) is 5.72. The molecule has 4 nitrogen and oxygen atoms in total. The highest BCUT2D eigenvalue weighted by atomic mass is 32.2. The Balaban J connectivity index is 1.50. The SMILES string of the molecule is Cc1ccc(C(=O)Nc2ccc(SCC(=O)Nc3cccc(C)c3)cc2)cc1. The number of carbonyl (C=O) groups is 2. The minimum absolute atomic E-state index is 0.0487. The number of rotatable bonds is 6. The number of anilines is 2. The number of thioether (sulfide) groups is 1. The quantitative estimate of drug-likeness (QED) is 0.563. The van der Waals surface area contributed by atoms with Gasteiger partial charge in [0.2, 0.25) is 5.91 Å². The van der Waals surface area contributed by atoms with Crippen LogP contribution in [0, 0.1) is 13.8 Å². The number of hydrogen-bond acceptors (Lipinski definition) is 3. The number of aryl methyl sites for hydroxylation is 2. The van der Waals surface area contributed by atoms with E-state index in [1.54, 1.807) is 0 Å². The summed E-state index contributed by atoms with van der Waals surface area (Å²) in [6.07, 6.45) is 0. The van der Waals surface area contributed by atoms with Gasteiger partial charge in [-0.3, -0.25) is 9.59 Å². The molecule has 5 heteroatoms. The lowest BCUT2D eigenvalue weighted by Gasteiger charge is -2.08. The highest BCUT2D eigenvalue weighted by molar-refractivity contribution is 8.00. The van der Waals surface area contributed by atoms with Gasteiger partial charge in [-0.25, -0.2) is 0 Å². The van der Waals surface area contributed by atoms with Gasteiger partial charge in [0.15, 0.2) is 0 Å². The van der Waals surface area contributed by atoms with Crippen molar-refractivity contribution in [3.63, 3.8) is 0 Å². The Labute approximate surface area is 169 Å². The van der Waals surface area contributed by atoms with Crippen LogP contribution in [0.1, 0.15) is 21.5 Å². The van der Waals surface area contributed by atoms with E-state index < -0.39 is 0 Å². The fourth-order valence-corrected chi connectivity index (χ4v) is 3.31. The molecule has 3 rings (SSSR count). The second-order valence-corrected chi connectivity index (χ2v) is 7.60. The Morgan fingerprint density at radius 1 is 0.786 bits per heavy atom. The topological polar surface area (TPSA) is 58.2 Å². The van der Waals surface area contributed by atoms with Gasteiger partial charge >= 0.3 is 0 Å². The lowest BCUT2D eigenvalue weighted by molar-refractivity contribution is -0.113. The number of nitrogens with one attached hydrogen (secondary N) is 2. The van der Waals surface area contributed by atoms with Crippen molar-refractivity contribution < 1.29 is 9.59 Å². The summed E-state index contributed by atoms with van der Waals surface area (Å²) in [7, 11) is 0. The lowest BCUT2D eigenvalue weighted by atomic mass is 10.1. The molecule has 0 saturated heterocycles. The summed E-state index contributed by atoms with van der Waals surface area (Å²) >= 11 is 1.45. The molecule has 0 radical (unpaired) electrons. The molecule has 3 aromatic rings. The van der Waals surface area contributed by atoms with Crippen molar-refractivity contribution in [3.8, 4) is 0 Å². The van der Waals surface area contributed by atoms with Crippen LogP contribution in [0.15, 0.2) is 77.7 Å². The van der Waals surface area contributed by atoms with E-state index in [2.05, 4.69) is 10.6 Å². The van der Waals surface area contributed by atoms with Crippen LogP contribution in [-0.4, -0.2) is 17.6 Å². The summed E-state index contributed by atoms with van der Waals surface area (Å²) < 4.78 is 0. The average molecular weight is 391 g/mol. The van der Waals surface area contributed by atoms with Crippen LogP contribution in [-0.2, 0) is 4.79 Å². The van der Waals surface area contributed by atoms with E-state index in [0.717, 1.165) is 27.4 Å². The summed E-state index contributed by atoms with van der Waals surface area (Å²) in [5.74, 6) is 0.133. The Bertz CT molecular complexity index is 967. The smallest absolute Gasteiger partial charge is 0.255 e. The van der Waals surface area contributed by atoms with Crippen LogP contribution in [0.25, 0.3) is 0 Å². The van der Waals surface area contributed by atoms with Gasteiger partial charge in [0, 0.05) is 21.8 Å². The fraction of sp³-hybridized carbons (Fsp3) is 0.130. The number of benzene rings is 3. The average Bonchev–Trinajstić information content (AvgIpc) is 2.68. The van der Waals surface area contributed by atoms with E-state index in [4.69, 9.17) is 0 Å². The first-order chi connectivity index (χ1) is 13.5. The van der Waals surface area contributed by atoms with Crippen LogP contribution < -0.4 is 10.6 Å². The molecule has 0 fully saturated rings. The molecular weight excluding hydrogens is 368 g/mol. The van der Waals surface area contributed by atoms with Gasteiger partial charge < -0.3 is 10.6 Å². The maximum absolute atomic E-state index is 12.3. The second kappa shape index (κ2) is 9.24. The molecule has 142 valence electrons. The van der Waals surface area contributed by atoms with Gasteiger partial charge in [-0.15, -0.1) is 11.8 Å². The molecular formula is C23H22N2O2S. The standard InChI is InChI=1S/C23H22N2O2S/c1-16-6-8-18(9-7-16)23(27)25-19-10-12-21(13-11-19)28-15-22(26)24-20-5-3-4-17(2)14-20/h3-14H,15H2,1-2H3,(H,24,26)(H,25,27). The predicted octanol–water partition coefficient (Wildman–Crippen LogP) is 5.29. The molecule has 0 heterocycles. The molecule has 28 heavy (non-hydrogen) atoms. The molecule has 0 aliphatic carbocycles. The van der Waals surface area contributed by atoms with Gasteiger partial charge in [-0.1, -0.05) is 29.8 Å². The summed E-state index contributed by atoms with van der Waals surface area (Å²) in [6.45, 7) is 3.98. The van der Waals surface area contributed by atoms with E-state index in [9.17, 15) is 9.59 Å². The normalized spacial score (nSPS) is 10.4. The van der Waals surface area contributed by atoms with Crippen LogP contribution in [0.2, 0.25) is 0 Å². The van der Waals surface area contributed by atoms with Gasteiger partial charge in [0.25, 0.3) is 5.91 Å². The first-order valence-corrected chi connectivity index (χ1v) is 9.95. The molecule has 0 atom stereocenters.